The molecule has 0 radical (unpaired) electrons. The highest BCUT2D eigenvalue weighted by molar-refractivity contribution is 6.10. The van der Waals surface area contributed by atoms with Crippen molar-refractivity contribution >= 4 is 38.9 Å². The summed E-state index contributed by atoms with van der Waals surface area (Å²) in [4.78, 5) is 12.3. The minimum absolute atomic E-state index is 0.712. The van der Waals surface area contributed by atoms with Gasteiger partial charge < -0.3 is 9.47 Å². The molecule has 10 rings (SSSR count). The van der Waals surface area contributed by atoms with Gasteiger partial charge in [0.2, 0.25) is 0 Å². The molecule has 0 saturated carbocycles. The number of nitrogens with zero attached hydrogens (tertiary/aromatic N) is 4. The zero-order valence-corrected chi connectivity index (χ0v) is 30.6. The van der Waals surface area contributed by atoms with E-state index in [-0.39, 0.29) is 0 Å². The molecule has 2 aromatic heterocycles. The molecule has 10 aromatic rings. The lowest BCUT2D eigenvalue weighted by molar-refractivity contribution is 1.17. The molecule has 264 valence electrons. The van der Waals surface area contributed by atoms with E-state index in [0.29, 0.717) is 5.82 Å². The summed E-state index contributed by atoms with van der Waals surface area (Å²) in [5.41, 5.74) is 14.0. The van der Waals surface area contributed by atoms with Crippen molar-refractivity contribution in [3.8, 4) is 50.7 Å². The first-order valence-electron chi connectivity index (χ1n) is 18.9. The molecule has 4 heteroatoms. The molecule has 0 N–H and O–H groups in total. The van der Waals surface area contributed by atoms with E-state index < -0.39 is 0 Å². The zero-order valence-electron chi connectivity index (χ0n) is 30.6. The van der Waals surface area contributed by atoms with Crippen molar-refractivity contribution in [2.75, 3.05) is 4.90 Å². The van der Waals surface area contributed by atoms with Gasteiger partial charge in [-0.05, 0) is 83.9 Å². The third-order valence-corrected chi connectivity index (χ3v) is 10.4. The van der Waals surface area contributed by atoms with Crippen LogP contribution in [0.25, 0.3) is 72.5 Å². The van der Waals surface area contributed by atoms with Crippen LogP contribution in [-0.4, -0.2) is 14.5 Å². The van der Waals surface area contributed by atoms with Crippen LogP contribution in [0.5, 0.6) is 0 Å². The fraction of sp³-hybridized carbons (Fsp3) is 0. The highest BCUT2D eigenvalue weighted by Gasteiger charge is 2.16. The Bertz CT molecular complexity index is 2820. The second kappa shape index (κ2) is 14.3. The largest absolute Gasteiger partial charge is 0.311 e. The average molecular weight is 717 g/mol. The number of hydrogen-bond acceptors (Lipinski definition) is 3. The van der Waals surface area contributed by atoms with Gasteiger partial charge in [0, 0.05) is 50.2 Å². The number of rotatable bonds is 8. The predicted molar refractivity (Wildman–Crippen MR) is 233 cm³/mol. The van der Waals surface area contributed by atoms with E-state index in [4.69, 9.17) is 9.97 Å². The standard InChI is InChI=1S/C52H36N4/c1-5-15-38(16-6-1)48-36-49(54-52(53-48)40-17-7-2-8-18-40)39-27-32-45(33-28-39)56-50-24-14-13-23-46(50)47-35-41(29-34-51(47)56)37-25-30-44(31-26-37)55(42-19-9-3-10-20-42)43-21-11-4-12-22-43/h1-36H. The molecule has 0 saturated heterocycles. The van der Waals surface area contributed by atoms with Gasteiger partial charge in [0.25, 0.3) is 0 Å². The van der Waals surface area contributed by atoms with Crippen LogP contribution in [0.3, 0.4) is 0 Å². The first kappa shape index (κ1) is 33.0. The molecule has 0 amide bonds. The second-order valence-corrected chi connectivity index (χ2v) is 13.9. The predicted octanol–water partition coefficient (Wildman–Crippen LogP) is 13.7. The summed E-state index contributed by atoms with van der Waals surface area (Å²) >= 11 is 0. The molecular formula is C52H36N4. The van der Waals surface area contributed by atoms with Crippen LogP contribution in [0, 0.1) is 0 Å². The molecule has 8 aromatic carbocycles. The van der Waals surface area contributed by atoms with Gasteiger partial charge in [-0.2, -0.15) is 0 Å². The van der Waals surface area contributed by atoms with Crippen LogP contribution >= 0.6 is 0 Å². The molecular weight excluding hydrogens is 681 g/mol. The molecule has 0 fully saturated rings. The number of hydrogen-bond donors (Lipinski definition) is 0. The van der Waals surface area contributed by atoms with Crippen molar-refractivity contribution in [3.05, 3.63) is 218 Å². The number of fused-ring (bicyclic) bond motifs is 3. The number of aromatic nitrogens is 3. The molecule has 0 aliphatic carbocycles. The maximum Gasteiger partial charge on any atom is 0.160 e. The van der Waals surface area contributed by atoms with E-state index in [1.165, 1.54) is 32.9 Å². The minimum atomic E-state index is 0.712. The third kappa shape index (κ3) is 6.19. The summed E-state index contributed by atoms with van der Waals surface area (Å²) < 4.78 is 2.36. The maximum absolute atomic E-state index is 5.06. The van der Waals surface area contributed by atoms with Crippen LogP contribution in [0.15, 0.2) is 218 Å². The van der Waals surface area contributed by atoms with E-state index in [0.717, 1.165) is 50.8 Å². The van der Waals surface area contributed by atoms with Gasteiger partial charge in [-0.25, -0.2) is 9.97 Å². The van der Waals surface area contributed by atoms with Gasteiger partial charge >= 0.3 is 0 Å². The van der Waals surface area contributed by atoms with Crippen LogP contribution in [0.2, 0.25) is 0 Å². The van der Waals surface area contributed by atoms with Crippen LogP contribution < -0.4 is 4.90 Å². The fourth-order valence-electron chi connectivity index (χ4n) is 7.68. The maximum atomic E-state index is 5.06. The molecule has 0 aliphatic rings. The van der Waals surface area contributed by atoms with Crippen molar-refractivity contribution in [2.45, 2.75) is 0 Å². The first-order valence-corrected chi connectivity index (χ1v) is 18.9. The quantitative estimate of drug-likeness (QED) is 0.157. The van der Waals surface area contributed by atoms with Crippen molar-refractivity contribution < 1.29 is 0 Å². The number of para-hydroxylation sites is 3. The van der Waals surface area contributed by atoms with Gasteiger partial charge in [-0.15, -0.1) is 0 Å². The number of benzene rings is 8. The van der Waals surface area contributed by atoms with E-state index in [9.17, 15) is 0 Å². The Hall–Kier alpha value is -7.56. The summed E-state index contributed by atoms with van der Waals surface area (Å²) in [6, 6.07) is 76.8. The second-order valence-electron chi connectivity index (χ2n) is 13.9. The summed E-state index contributed by atoms with van der Waals surface area (Å²) in [6.45, 7) is 0. The normalized spacial score (nSPS) is 11.2. The van der Waals surface area contributed by atoms with Crippen LogP contribution in [0.1, 0.15) is 0 Å². The van der Waals surface area contributed by atoms with E-state index >= 15 is 0 Å². The molecule has 0 atom stereocenters. The van der Waals surface area contributed by atoms with E-state index in [1.54, 1.807) is 0 Å². The van der Waals surface area contributed by atoms with Gasteiger partial charge in [0.15, 0.2) is 5.82 Å². The molecule has 4 nitrogen and oxygen atoms in total. The Morgan fingerprint density at radius 3 is 1.41 bits per heavy atom. The van der Waals surface area contributed by atoms with Gasteiger partial charge in [-0.1, -0.05) is 146 Å². The third-order valence-electron chi connectivity index (χ3n) is 10.4. The Kier molecular flexibility index (Phi) is 8.47. The monoisotopic (exact) mass is 716 g/mol. The summed E-state index contributed by atoms with van der Waals surface area (Å²) in [5, 5.41) is 2.44. The molecule has 0 bridgehead atoms. The van der Waals surface area contributed by atoms with Gasteiger partial charge in [-0.3, -0.25) is 0 Å². The SMILES string of the molecule is c1ccc(-c2cc(-c3ccc(-n4c5ccccc5c5cc(-c6ccc(N(c7ccccc7)c7ccccc7)cc6)ccc54)cc3)nc(-c3ccccc3)n2)cc1. The summed E-state index contributed by atoms with van der Waals surface area (Å²) in [5.74, 6) is 0.712. The minimum Gasteiger partial charge on any atom is -0.311 e. The van der Waals surface area contributed by atoms with Gasteiger partial charge in [0.05, 0.1) is 22.4 Å². The average Bonchev–Trinajstić information content (AvgIpc) is 3.62. The molecule has 0 spiro atoms. The lowest BCUT2D eigenvalue weighted by atomic mass is 10.0. The first-order chi connectivity index (χ1) is 27.8. The van der Waals surface area contributed by atoms with Crippen molar-refractivity contribution in [3.63, 3.8) is 0 Å². The van der Waals surface area contributed by atoms with E-state index in [2.05, 4.69) is 191 Å². The van der Waals surface area contributed by atoms with Crippen LogP contribution in [0.4, 0.5) is 17.1 Å². The Morgan fingerprint density at radius 1 is 0.321 bits per heavy atom. The van der Waals surface area contributed by atoms with Crippen molar-refractivity contribution in [1.82, 2.24) is 14.5 Å². The Morgan fingerprint density at radius 2 is 0.786 bits per heavy atom. The van der Waals surface area contributed by atoms with Crippen molar-refractivity contribution in [1.29, 1.82) is 0 Å². The molecule has 0 aliphatic heterocycles. The topological polar surface area (TPSA) is 34.0 Å². The summed E-state index contributed by atoms with van der Waals surface area (Å²) in [6.07, 6.45) is 0. The lowest BCUT2D eigenvalue weighted by Crippen LogP contribution is -2.09. The molecule has 56 heavy (non-hydrogen) atoms. The lowest BCUT2D eigenvalue weighted by Gasteiger charge is -2.25. The molecule has 2 heterocycles. The Balaban J connectivity index is 1.01. The Labute approximate surface area is 326 Å². The smallest absolute Gasteiger partial charge is 0.160 e. The molecule has 0 unspecified atom stereocenters. The van der Waals surface area contributed by atoms with Gasteiger partial charge in [0.1, 0.15) is 0 Å². The van der Waals surface area contributed by atoms with E-state index in [1.807, 2.05) is 36.4 Å². The number of anilines is 3. The highest BCUT2D eigenvalue weighted by atomic mass is 15.1. The highest BCUT2D eigenvalue weighted by Crippen LogP contribution is 2.38. The zero-order chi connectivity index (χ0) is 37.3. The summed E-state index contributed by atoms with van der Waals surface area (Å²) in [7, 11) is 0. The fourth-order valence-corrected chi connectivity index (χ4v) is 7.68. The van der Waals surface area contributed by atoms with Crippen molar-refractivity contribution in [2.24, 2.45) is 0 Å². The van der Waals surface area contributed by atoms with Crippen LogP contribution in [-0.2, 0) is 0 Å².